The Morgan fingerprint density at radius 3 is 2.71 bits per heavy atom. The second-order valence-corrected chi connectivity index (χ2v) is 7.52. The molecule has 0 aromatic heterocycles. The highest BCUT2D eigenvalue weighted by molar-refractivity contribution is 5.98. The van der Waals surface area contributed by atoms with E-state index < -0.39 is 0 Å². The summed E-state index contributed by atoms with van der Waals surface area (Å²) >= 11 is 0. The molecule has 1 unspecified atom stereocenters. The molecule has 5 heteroatoms. The molecule has 0 bridgehead atoms. The molecule has 2 aliphatic rings. The van der Waals surface area contributed by atoms with Crippen molar-refractivity contribution in [1.82, 2.24) is 10.2 Å². The summed E-state index contributed by atoms with van der Waals surface area (Å²) in [4.78, 5) is 21.5. The van der Waals surface area contributed by atoms with E-state index in [-0.39, 0.29) is 12.5 Å². The van der Waals surface area contributed by atoms with Gasteiger partial charge in [0.05, 0.1) is 6.54 Å². The number of likely N-dealkylation sites (tertiary alicyclic amines) is 1. The molecule has 2 aromatic rings. The number of hydrogen-bond acceptors (Lipinski definition) is 2. The van der Waals surface area contributed by atoms with Gasteiger partial charge in [-0.2, -0.15) is 0 Å². The van der Waals surface area contributed by atoms with E-state index in [4.69, 9.17) is 0 Å². The van der Waals surface area contributed by atoms with Crippen molar-refractivity contribution in [3.63, 3.8) is 0 Å². The average Bonchev–Trinajstić information content (AvgIpc) is 3.24. The van der Waals surface area contributed by atoms with Crippen LogP contribution in [0.15, 0.2) is 59.6 Å². The molecular weight excluding hydrogens is 348 g/mol. The fraction of sp³-hybridized carbons (Fsp3) is 0.391. The first kappa shape index (κ1) is 18.5. The Bertz CT molecular complexity index is 849. The van der Waals surface area contributed by atoms with Gasteiger partial charge in [0.1, 0.15) is 0 Å². The summed E-state index contributed by atoms with van der Waals surface area (Å²) in [7, 11) is 1.79. The van der Waals surface area contributed by atoms with Crippen molar-refractivity contribution in [3.05, 3.63) is 65.7 Å². The number of nitrogens with one attached hydrogen (secondary N) is 1. The predicted octanol–water partition coefficient (Wildman–Crippen LogP) is 3.03. The van der Waals surface area contributed by atoms with Crippen LogP contribution in [0.2, 0.25) is 0 Å². The van der Waals surface area contributed by atoms with Crippen molar-refractivity contribution in [2.75, 3.05) is 38.1 Å². The number of aryl methyl sites for hydroxylation is 1. The molecule has 0 spiro atoms. The number of benzene rings is 2. The largest absolute Gasteiger partial charge is 0.347 e. The number of para-hydroxylation sites is 1. The van der Waals surface area contributed by atoms with E-state index in [0.29, 0.717) is 5.92 Å². The zero-order valence-electron chi connectivity index (χ0n) is 16.5. The van der Waals surface area contributed by atoms with Crippen LogP contribution in [0.25, 0.3) is 0 Å². The Kier molecular flexibility index (Phi) is 5.60. The lowest BCUT2D eigenvalue weighted by Crippen LogP contribution is -2.47. The van der Waals surface area contributed by atoms with Crippen molar-refractivity contribution < 1.29 is 4.79 Å². The van der Waals surface area contributed by atoms with E-state index in [2.05, 4.69) is 51.6 Å². The molecule has 28 heavy (non-hydrogen) atoms. The summed E-state index contributed by atoms with van der Waals surface area (Å²) in [6, 6.07) is 18.9. The number of amides is 1. The number of guanidine groups is 1. The lowest BCUT2D eigenvalue weighted by atomic mass is 9.99. The van der Waals surface area contributed by atoms with Crippen LogP contribution in [0.1, 0.15) is 29.9 Å². The van der Waals surface area contributed by atoms with Gasteiger partial charge in [0.25, 0.3) is 0 Å². The zero-order chi connectivity index (χ0) is 19.3. The summed E-state index contributed by atoms with van der Waals surface area (Å²) in [6.45, 7) is 2.95. The van der Waals surface area contributed by atoms with Crippen molar-refractivity contribution in [1.29, 1.82) is 0 Å². The Balaban J connectivity index is 1.36. The Morgan fingerprint density at radius 1 is 1.11 bits per heavy atom. The molecule has 0 aliphatic carbocycles. The van der Waals surface area contributed by atoms with Gasteiger partial charge >= 0.3 is 0 Å². The fourth-order valence-electron chi connectivity index (χ4n) is 4.32. The minimum absolute atomic E-state index is 0.104. The highest BCUT2D eigenvalue weighted by atomic mass is 16.2. The Morgan fingerprint density at radius 2 is 1.89 bits per heavy atom. The SMILES string of the molecule is CN=C(NCC(=O)N1CCCc2ccccc21)N1CCC(c2ccccc2)C1. The van der Waals surface area contributed by atoms with Gasteiger partial charge in [-0.15, -0.1) is 0 Å². The number of carbonyl (C=O) groups excluding carboxylic acids is 1. The molecule has 0 saturated carbocycles. The minimum atomic E-state index is 0.104. The van der Waals surface area contributed by atoms with Crippen LogP contribution in [0.5, 0.6) is 0 Å². The molecule has 2 heterocycles. The third kappa shape index (κ3) is 3.88. The molecule has 2 aliphatic heterocycles. The lowest BCUT2D eigenvalue weighted by Gasteiger charge is -2.30. The monoisotopic (exact) mass is 376 g/mol. The van der Waals surface area contributed by atoms with Crippen molar-refractivity contribution in [2.24, 2.45) is 4.99 Å². The topological polar surface area (TPSA) is 47.9 Å². The van der Waals surface area contributed by atoms with Crippen LogP contribution in [0.3, 0.4) is 0 Å². The highest BCUT2D eigenvalue weighted by Crippen LogP contribution is 2.28. The van der Waals surface area contributed by atoms with Gasteiger partial charge in [-0.05, 0) is 36.5 Å². The molecule has 1 saturated heterocycles. The average molecular weight is 377 g/mol. The third-order valence-electron chi connectivity index (χ3n) is 5.78. The van der Waals surface area contributed by atoms with Crippen molar-refractivity contribution in [2.45, 2.75) is 25.2 Å². The van der Waals surface area contributed by atoms with Gasteiger partial charge in [0.15, 0.2) is 5.96 Å². The van der Waals surface area contributed by atoms with Crippen molar-refractivity contribution in [3.8, 4) is 0 Å². The molecule has 5 nitrogen and oxygen atoms in total. The van der Waals surface area contributed by atoms with Crippen LogP contribution in [-0.4, -0.2) is 50.0 Å². The normalized spacial score (nSPS) is 19.5. The zero-order valence-corrected chi connectivity index (χ0v) is 16.5. The third-order valence-corrected chi connectivity index (χ3v) is 5.78. The molecule has 4 rings (SSSR count). The van der Waals surface area contributed by atoms with Gasteiger partial charge in [0.2, 0.25) is 5.91 Å². The Labute approximate surface area is 167 Å². The molecule has 146 valence electrons. The predicted molar refractivity (Wildman–Crippen MR) is 114 cm³/mol. The van der Waals surface area contributed by atoms with Gasteiger partial charge in [-0.3, -0.25) is 9.79 Å². The van der Waals surface area contributed by atoms with E-state index in [1.54, 1.807) is 7.05 Å². The molecule has 0 radical (unpaired) electrons. The summed E-state index contributed by atoms with van der Waals surface area (Å²) in [6.07, 6.45) is 3.17. The second kappa shape index (κ2) is 8.46. The number of rotatable bonds is 3. The first-order valence-corrected chi connectivity index (χ1v) is 10.1. The van der Waals surface area contributed by atoms with Crippen LogP contribution in [0.4, 0.5) is 5.69 Å². The van der Waals surface area contributed by atoms with Gasteiger partial charge in [0, 0.05) is 38.3 Å². The second-order valence-electron chi connectivity index (χ2n) is 7.52. The van der Waals surface area contributed by atoms with E-state index in [0.717, 1.165) is 50.5 Å². The quantitative estimate of drug-likeness (QED) is 0.662. The van der Waals surface area contributed by atoms with Crippen LogP contribution >= 0.6 is 0 Å². The summed E-state index contributed by atoms with van der Waals surface area (Å²) in [5.41, 5.74) is 3.69. The summed E-state index contributed by atoms with van der Waals surface area (Å²) in [5, 5.41) is 3.30. The number of aliphatic imine (C=N–C) groups is 1. The summed E-state index contributed by atoms with van der Waals surface area (Å²) < 4.78 is 0. The number of carbonyl (C=O) groups is 1. The standard InChI is InChI=1S/C23H28N4O/c1-24-23(26-15-13-20(17-26)18-8-3-2-4-9-18)25-16-22(28)27-14-7-11-19-10-5-6-12-21(19)27/h2-6,8-10,12,20H,7,11,13-17H2,1H3,(H,24,25). The maximum Gasteiger partial charge on any atom is 0.246 e. The molecule has 1 N–H and O–H groups in total. The van der Waals surface area contributed by atoms with Crippen LogP contribution in [-0.2, 0) is 11.2 Å². The molecule has 1 atom stereocenters. The number of nitrogens with zero attached hydrogens (tertiary/aromatic N) is 3. The molecular formula is C23H28N4O. The van der Waals surface area contributed by atoms with E-state index in [1.165, 1.54) is 11.1 Å². The van der Waals surface area contributed by atoms with E-state index in [9.17, 15) is 4.79 Å². The van der Waals surface area contributed by atoms with Crippen molar-refractivity contribution >= 4 is 17.6 Å². The Hall–Kier alpha value is -2.82. The fourth-order valence-corrected chi connectivity index (χ4v) is 4.32. The highest BCUT2D eigenvalue weighted by Gasteiger charge is 2.27. The van der Waals surface area contributed by atoms with Gasteiger partial charge < -0.3 is 15.1 Å². The van der Waals surface area contributed by atoms with Gasteiger partial charge in [-0.1, -0.05) is 48.5 Å². The summed E-state index contributed by atoms with van der Waals surface area (Å²) in [5.74, 6) is 1.44. The first-order chi connectivity index (χ1) is 13.8. The van der Waals surface area contributed by atoms with Crippen LogP contribution < -0.4 is 10.2 Å². The number of fused-ring (bicyclic) bond motifs is 1. The maximum absolute atomic E-state index is 12.9. The smallest absolute Gasteiger partial charge is 0.246 e. The maximum atomic E-state index is 12.9. The number of hydrogen-bond donors (Lipinski definition) is 1. The van der Waals surface area contributed by atoms with Gasteiger partial charge in [-0.25, -0.2) is 0 Å². The number of anilines is 1. The minimum Gasteiger partial charge on any atom is -0.347 e. The van der Waals surface area contributed by atoms with E-state index in [1.807, 2.05) is 23.1 Å². The first-order valence-electron chi connectivity index (χ1n) is 10.1. The lowest BCUT2D eigenvalue weighted by molar-refractivity contribution is -0.117. The van der Waals surface area contributed by atoms with Crippen LogP contribution in [0, 0.1) is 0 Å². The molecule has 1 amide bonds. The molecule has 1 fully saturated rings. The molecule has 2 aromatic carbocycles. The van der Waals surface area contributed by atoms with E-state index >= 15 is 0 Å².